The first-order valence-corrected chi connectivity index (χ1v) is 7.85. The maximum absolute atomic E-state index is 11.4. The van der Waals surface area contributed by atoms with E-state index in [9.17, 15) is 9.90 Å². The van der Waals surface area contributed by atoms with Gasteiger partial charge in [0.25, 0.3) is 0 Å². The molecule has 128 valence electrons. The quantitative estimate of drug-likeness (QED) is 0.686. The predicted octanol–water partition coefficient (Wildman–Crippen LogP) is 3.62. The van der Waals surface area contributed by atoms with E-state index in [-0.39, 0.29) is 24.5 Å². The summed E-state index contributed by atoms with van der Waals surface area (Å²) >= 11 is 3.25. The summed E-state index contributed by atoms with van der Waals surface area (Å²) in [4.78, 5) is 11.4. The summed E-state index contributed by atoms with van der Waals surface area (Å²) in [5, 5.41) is 9.30. The molecule has 0 bridgehead atoms. The molecular weight excluding hydrogens is 380 g/mol. The van der Waals surface area contributed by atoms with Crippen molar-refractivity contribution in [3.8, 4) is 23.0 Å². The number of methoxy groups -OCH3 is 2. The summed E-state index contributed by atoms with van der Waals surface area (Å²) in [5.41, 5.74) is 0.0163. The second-order valence-corrected chi connectivity index (χ2v) is 5.58. The highest BCUT2D eigenvalue weighted by Crippen LogP contribution is 2.35. The molecule has 0 spiro atoms. The maximum atomic E-state index is 11.4. The van der Waals surface area contributed by atoms with E-state index in [1.165, 1.54) is 13.2 Å². The molecule has 2 aromatic carbocycles. The van der Waals surface area contributed by atoms with Gasteiger partial charge >= 0.3 is 5.97 Å². The zero-order chi connectivity index (χ0) is 17.5. The van der Waals surface area contributed by atoms with Crippen molar-refractivity contribution in [3.05, 3.63) is 46.4 Å². The van der Waals surface area contributed by atoms with Crippen LogP contribution in [0.5, 0.6) is 23.0 Å². The Bertz CT molecular complexity index is 716. The minimum atomic E-state index is -1.10. The molecule has 1 N–H and O–H groups in total. The lowest BCUT2D eigenvalue weighted by atomic mass is 10.2. The van der Waals surface area contributed by atoms with Crippen molar-refractivity contribution < 1.29 is 28.8 Å². The number of aromatic carboxylic acids is 1. The summed E-state index contributed by atoms with van der Waals surface area (Å²) in [6, 6.07) is 10.3. The molecule has 0 unspecified atom stereocenters. The average molecular weight is 397 g/mol. The Balaban J connectivity index is 2.02. The fourth-order valence-corrected chi connectivity index (χ4v) is 2.46. The number of carbonyl (C=O) groups is 1. The van der Waals surface area contributed by atoms with Crippen molar-refractivity contribution in [3.63, 3.8) is 0 Å². The Kier molecular flexibility index (Phi) is 6.31. The number of hydrogen-bond acceptors (Lipinski definition) is 5. The fraction of sp³-hybridized carbons (Fsp3) is 0.235. The van der Waals surface area contributed by atoms with Gasteiger partial charge in [0, 0.05) is 10.5 Å². The molecule has 2 rings (SSSR count). The van der Waals surface area contributed by atoms with Crippen molar-refractivity contribution >= 4 is 21.9 Å². The molecule has 7 heteroatoms. The Morgan fingerprint density at radius 3 is 2.42 bits per heavy atom. The zero-order valence-corrected chi connectivity index (χ0v) is 14.8. The van der Waals surface area contributed by atoms with Gasteiger partial charge in [0.05, 0.1) is 14.2 Å². The Labute approximate surface area is 148 Å². The molecule has 24 heavy (non-hydrogen) atoms. The molecule has 0 aromatic heterocycles. The average Bonchev–Trinajstić information content (AvgIpc) is 2.59. The first kappa shape index (κ1) is 17.9. The number of carboxylic acid groups (broad SMARTS) is 1. The summed E-state index contributed by atoms with van der Waals surface area (Å²) in [6.07, 6.45) is 0. The second-order valence-electron chi connectivity index (χ2n) is 4.67. The van der Waals surface area contributed by atoms with Gasteiger partial charge in [0.2, 0.25) is 0 Å². The summed E-state index contributed by atoms with van der Waals surface area (Å²) in [6.45, 7) is 0.404. The van der Waals surface area contributed by atoms with Crippen LogP contribution in [0.25, 0.3) is 0 Å². The number of hydrogen-bond donors (Lipinski definition) is 1. The lowest BCUT2D eigenvalue weighted by Gasteiger charge is -2.14. The molecule has 0 heterocycles. The number of ether oxygens (including phenoxy) is 4. The molecule has 2 aromatic rings. The Hall–Kier alpha value is -2.41. The third kappa shape index (κ3) is 4.55. The first-order chi connectivity index (χ1) is 11.5. The molecule has 0 radical (unpaired) electrons. The molecule has 0 atom stereocenters. The highest BCUT2D eigenvalue weighted by Gasteiger charge is 2.18. The summed E-state index contributed by atoms with van der Waals surface area (Å²) in [5.74, 6) is 0.735. The molecule has 0 aliphatic rings. The largest absolute Gasteiger partial charge is 0.497 e. The second kappa shape index (κ2) is 8.44. The number of benzene rings is 2. The minimum Gasteiger partial charge on any atom is -0.497 e. The molecule has 0 aliphatic heterocycles. The zero-order valence-electron chi connectivity index (χ0n) is 13.2. The van der Waals surface area contributed by atoms with Crippen LogP contribution in [0.2, 0.25) is 0 Å². The van der Waals surface area contributed by atoms with E-state index in [1.807, 2.05) is 12.1 Å². The van der Waals surface area contributed by atoms with Crippen molar-refractivity contribution in [2.75, 3.05) is 27.4 Å². The normalized spacial score (nSPS) is 10.1. The molecule has 6 nitrogen and oxygen atoms in total. The van der Waals surface area contributed by atoms with Gasteiger partial charge in [-0.05, 0) is 24.3 Å². The standard InChI is InChI=1S/C17H17BrO6/c1-21-12-4-3-5-13(10-12)23-6-7-24-16-14(17(19)20)8-11(18)9-15(16)22-2/h3-5,8-10H,6-7H2,1-2H3,(H,19,20). The number of rotatable bonds is 8. The van der Waals surface area contributed by atoms with E-state index in [4.69, 9.17) is 18.9 Å². The van der Waals surface area contributed by atoms with Crippen LogP contribution in [0.4, 0.5) is 0 Å². The lowest BCUT2D eigenvalue weighted by Crippen LogP contribution is -2.12. The minimum absolute atomic E-state index is 0.0163. The van der Waals surface area contributed by atoms with Gasteiger partial charge in [-0.2, -0.15) is 0 Å². The van der Waals surface area contributed by atoms with Gasteiger partial charge in [-0.1, -0.05) is 22.0 Å². The monoisotopic (exact) mass is 396 g/mol. The molecule has 0 fully saturated rings. The van der Waals surface area contributed by atoms with Crippen molar-refractivity contribution in [1.29, 1.82) is 0 Å². The molecule has 0 aliphatic carbocycles. The SMILES string of the molecule is COc1cccc(OCCOc2c(OC)cc(Br)cc2C(=O)O)c1. The first-order valence-electron chi connectivity index (χ1n) is 7.05. The van der Waals surface area contributed by atoms with E-state index in [1.54, 1.807) is 25.3 Å². The van der Waals surface area contributed by atoms with Gasteiger partial charge in [-0.15, -0.1) is 0 Å². The Morgan fingerprint density at radius 1 is 1.04 bits per heavy atom. The lowest BCUT2D eigenvalue weighted by molar-refractivity contribution is 0.0690. The molecule has 0 saturated heterocycles. The van der Waals surface area contributed by atoms with Crippen LogP contribution in [0.15, 0.2) is 40.9 Å². The highest BCUT2D eigenvalue weighted by molar-refractivity contribution is 9.10. The van der Waals surface area contributed by atoms with E-state index < -0.39 is 5.97 Å². The van der Waals surface area contributed by atoms with Crippen LogP contribution in [-0.2, 0) is 0 Å². The third-order valence-electron chi connectivity index (χ3n) is 3.11. The van der Waals surface area contributed by atoms with E-state index >= 15 is 0 Å². The van der Waals surface area contributed by atoms with E-state index in [0.29, 0.717) is 21.7 Å². The molecular formula is C17H17BrO6. The van der Waals surface area contributed by atoms with E-state index in [0.717, 1.165) is 0 Å². The summed E-state index contributed by atoms with van der Waals surface area (Å²) < 4.78 is 22.0. The van der Waals surface area contributed by atoms with Crippen molar-refractivity contribution in [2.24, 2.45) is 0 Å². The van der Waals surface area contributed by atoms with Crippen LogP contribution in [0, 0.1) is 0 Å². The van der Waals surface area contributed by atoms with Gasteiger partial charge in [-0.25, -0.2) is 4.79 Å². The van der Waals surface area contributed by atoms with Gasteiger partial charge in [0.15, 0.2) is 11.5 Å². The maximum Gasteiger partial charge on any atom is 0.339 e. The van der Waals surface area contributed by atoms with Crippen molar-refractivity contribution in [1.82, 2.24) is 0 Å². The van der Waals surface area contributed by atoms with Crippen molar-refractivity contribution in [2.45, 2.75) is 0 Å². The smallest absolute Gasteiger partial charge is 0.339 e. The Morgan fingerprint density at radius 2 is 1.75 bits per heavy atom. The van der Waals surface area contributed by atoms with Crippen LogP contribution < -0.4 is 18.9 Å². The van der Waals surface area contributed by atoms with Gasteiger partial charge < -0.3 is 24.1 Å². The van der Waals surface area contributed by atoms with E-state index in [2.05, 4.69) is 15.9 Å². The van der Waals surface area contributed by atoms with Gasteiger partial charge in [-0.3, -0.25) is 0 Å². The van der Waals surface area contributed by atoms with Crippen LogP contribution in [-0.4, -0.2) is 38.5 Å². The predicted molar refractivity (Wildman–Crippen MR) is 91.6 cm³/mol. The molecule has 0 saturated carbocycles. The molecule has 0 amide bonds. The fourth-order valence-electron chi connectivity index (χ4n) is 2.02. The van der Waals surface area contributed by atoms with Crippen LogP contribution >= 0.6 is 15.9 Å². The highest BCUT2D eigenvalue weighted by atomic mass is 79.9. The topological polar surface area (TPSA) is 74.2 Å². The number of carboxylic acids is 1. The van der Waals surface area contributed by atoms with Gasteiger partial charge in [0.1, 0.15) is 30.3 Å². The van der Waals surface area contributed by atoms with Crippen LogP contribution in [0.3, 0.4) is 0 Å². The third-order valence-corrected chi connectivity index (χ3v) is 3.57. The number of halogens is 1. The summed E-state index contributed by atoms with van der Waals surface area (Å²) in [7, 11) is 3.03. The van der Waals surface area contributed by atoms with Crippen LogP contribution in [0.1, 0.15) is 10.4 Å².